The van der Waals surface area contributed by atoms with Crippen molar-refractivity contribution in [2.75, 3.05) is 0 Å². The Morgan fingerprint density at radius 2 is 1.05 bits per heavy atom. The fourth-order valence-corrected chi connectivity index (χ4v) is 45.4. The monoisotopic (exact) mass is 541 g/mol. The van der Waals surface area contributed by atoms with Crippen molar-refractivity contribution in [2.45, 2.75) is 77.8 Å². The first kappa shape index (κ1) is 26.7. The molecule has 37 heavy (non-hydrogen) atoms. The van der Waals surface area contributed by atoms with Gasteiger partial charge in [-0.25, -0.2) is 0 Å². The average Bonchev–Trinajstić information content (AvgIpc) is 3.46. The third-order valence-electron chi connectivity index (χ3n) is 10.5. The van der Waals surface area contributed by atoms with Gasteiger partial charge in [0.2, 0.25) is 0 Å². The van der Waals surface area contributed by atoms with Gasteiger partial charge < -0.3 is 0 Å². The molecule has 0 nitrogen and oxygen atoms in total. The van der Waals surface area contributed by atoms with Gasteiger partial charge in [-0.05, 0) is 0 Å². The molecule has 0 bridgehead atoms. The molecule has 0 spiro atoms. The van der Waals surface area contributed by atoms with E-state index in [0.29, 0.717) is 8.45 Å². The van der Waals surface area contributed by atoms with Gasteiger partial charge in [-0.2, -0.15) is 0 Å². The summed E-state index contributed by atoms with van der Waals surface area (Å²) in [6, 6.07) is 30.8. The molecular formula is C35H45SiTi. The average molecular weight is 542 g/mol. The summed E-state index contributed by atoms with van der Waals surface area (Å²) in [4.78, 5) is 0. The van der Waals surface area contributed by atoms with E-state index in [1.807, 2.05) is 0 Å². The molecule has 3 aromatic carbocycles. The van der Waals surface area contributed by atoms with Crippen LogP contribution in [-0.2, 0) is 14.6 Å². The van der Waals surface area contributed by atoms with Crippen LogP contribution >= 0.6 is 0 Å². The third-order valence-corrected chi connectivity index (χ3v) is 43.1. The third kappa shape index (κ3) is 4.13. The van der Waals surface area contributed by atoms with Crippen LogP contribution in [-0.4, -0.2) is 6.66 Å². The Morgan fingerprint density at radius 1 is 0.622 bits per heavy atom. The zero-order valence-corrected chi connectivity index (χ0v) is 26.4. The van der Waals surface area contributed by atoms with Gasteiger partial charge in [-0.15, -0.1) is 0 Å². The first-order valence-corrected chi connectivity index (χ1v) is 23.8. The summed E-state index contributed by atoms with van der Waals surface area (Å²) in [7, 11) is 0. The molecule has 0 heterocycles. The molecule has 0 saturated carbocycles. The number of benzene rings is 3. The van der Waals surface area contributed by atoms with Crippen LogP contribution < -0.4 is 5.19 Å². The Balaban J connectivity index is 1.92. The Kier molecular flexibility index (Phi) is 7.70. The maximum absolute atomic E-state index is 3.58. The van der Waals surface area contributed by atoms with Gasteiger partial charge in [0.25, 0.3) is 0 Å². The van der Waals surface area contributed by atoms with Gasteiger partial charge in [0.15, 0.2) is 0 Å². The van der Waals surface area contributed by atoms with Gasteiger partial charge in [0.05, 0.1) is 0 Å². The topological polar surface area (TPSA) is 0 Å². The van der Waals surface area contributed by atoms with Crippen LogP contribution in [0.3, 0.4) is 0 Å². The van der Waals surface area contributed by atoms with E-state index in [4.69, 9.17) is 0 Å². The van der Waals surface area contributed by atoms with Crippen molar-refractivity contribution in [3.8, 4) is 0 Å². The van der Waals surface area contributed by atoms with Crippen molar-refractivity contribution >= 4 is 24.0 Å². The molecule has 0 fully saturated rings. The van der Waals surface area contributed by atoms with Gasteiger partial charge in [-0.1, -0.05) is 0 Å². The van der Waals surface area contributed by atoms with Crippen LogP contribution in [0, 0.1) is 0 Å². The zero-order chi connectivity index (χ0) is 26.1. The van der Waals surface area contributed by atoms with Crippen molar-refractivity contribution in [3.05, 3.63) is 112 Å². The summed E-state index contributed by atoms with van der Waals surface area (Å²) in [5.74, 6) is 0. The molecule has 3 aromatic rings. The van der Waals surface area contributed by atoms with Crippen LogP contribution in [0.25, 0.3) is 12.2 Å². The zero-order valence-electron chi connectivity index (χ0n) is 23.6. The predicted octanol–water partition coefficient (Wildman–Crippen LogP) is 9.69. The van der Waals surface area contributed by atoms with E-state index in [1.54, 1.807) is 27.5 Å². The van der Waals surface area contributed by atoms with Crippen molar-refractivity contribution in [1.29, 1.82) is 0 Å². The molecule has 0 radical (unpaired) electrons. The summed E-state index contributed by atoms with van der Waals surface area (Å²) in [6.07, 6.45) is 10.5. The van der Waals surface area contributed by atoms with E-state index in [-0.39, 0.29) is 0 Å². The number of hydrogen-bond donors (Lipinski definition) is 0. The molecular weight excluding hydrogens is 496 g/mol. The predicted molar refractivity (Wildman–Crippen MR) is 164 cm³/mol. The number of fused-ring (bicyclic) bond motifs is 2. The maximum atomic E-state index is 2.81. The second-order valence-corrected chi connectivity index (χ2v) is 34.0. The van der Waals surface area contributed by atoms with Crippen LogP contribution in [0.4, 0.5) is 0 Å². The first-order valence-electron chi connectivity index (χ1n) is 14.7. The minimum absolute atomic E-state index is 0.632. The van der Waals surface area contributed by atoms with Gasteiger partial charge in [-0.3, -0.25) is 0 Å². The number of rotatable bonds is 10. The molecule has 0 aliphatic heterocycles. The first-order chi connectivity index (χ1) is 18.0. The molecule has 2 aliphatic rings. The normalized spacial score (nSPS) is 20.4. The van der Waals surface area contributed by atoms with Gasteiger partial charge >= 0.3 is 229 Å². The summed E-state index contributed by atoms with van der Waals surface area (Å²) >= 11 is -3.58. The second-order valence-electron chi connectivity index (χ2n) is 12.2. The summed E-state index contributed by atoms with van der Waals surface area (Å²) in [5.41, 5.74) is 9.65. The van der Waals surface area contributed by atoms with Crippen molar-refractivity contribution in [2.24, 2.45) is 0 Å². The van der Waals surface area contributed by atoms with E-state index < -0.39 is 21.2 Å². The molecule has 0 amide bonds. The molecule has 2 aliphatic carbocycles. The van der Waals surface area contributed by atoms with Crippen molar-refractivity contribution in [1.82, 2.24) is 0 Å². The molecule has 3 unspecified atom stereocenters. The second kappa shape index (κ2) is 10.7. The Labute approximate surface area is 227 Å². The molecule has 2 heteroatoms. The van der Waals surface area contributed by atoms with Crippen molar-refractivity contribution < 1.29 is 14.6 Å². The van der Waals surface area contributed by atoms with Crippen LogP contribution in [0.1, 0.15) is 84.1 Å². The molecule has 193 valence electrons. The van der Waals surface area contributed by atoms with Crippen LogP contribution in [0.15, 0.2) is 90.0 Å². The van der Waals surface area contributed by atoms with E-state index in [2.05, 4.69) is 125 Å². The molecule has 3 atom stereocenters. The summed E-state index contributed by atoms with van der Waals surface area (Å²) in [6.45, 7) is 11.2. The van der Waals surface area contributed by atoms with E-state index in [0.717, 1.165) is 0 Å². The van der Waals surface area contributed by atoms with Crippen LogP contribution in [0.5, 0.6) is 0 Å². The quantitative estimate of drug-likeness (QED) is 0.224. The van der Waals surface area contributed by atoms with Crippen molar-refractivity contribution in [3.63, 3.8) is 0 Å². The summed E-state index contributed by atoms with van der Waals surface area (Å²) < 4.78 is 4.22. The van der Waals surface area contributed by atoms with Crippen LogP contribution in [0.2, 0.25) is 16.0 Å². The fraction of sp³-hybridized carbons (Fsp3) is 0.371. The number of hydrogen-bond acceptors (Lipinski definition) is 0. The Morgan fingerprint density at radius 3 is 1.51 bits per heavy atom. The van der Waals surface area contributed by atoms with Gasteiger partial charge in [0.1, 0.15) is 0 Å². The Bertz CT molecular complexity index is 1240. The summed E-state index contributed by atoms with van der Waals surface area (Å²) in [5, 5.41) is 1.71. The Hall–Kier alpha value is -1.93. The van der Waals surface area contributed by atoms with E-state index >= 15 is 0 Å². The number of unbranched alkanes of at least 4 members (excludes halogenated alkanes) is 2. The standard InChI is InChI=1S/2C10H9.C7H9Si.2C4H9.Ti/c2*1-8-6-9-4-2-3-5-10(9)7-8;1-8-7-5-3-2-4-6-7;2*1-3-4-2;/h2*2-7H,1H3;2-6,8H,1H3;2*1,3-4H2,2H3;. The van der Waals surface area contributed by atoms with Gasteiger partial charge in [0, 0.05) is 0 Å². The molecule has 0 aromatic heterocycles. The molecule has 5 rings (SSSR count). The molecule has 0 saturated heterocycles. The van der Waals surface area contributed by atoms with E-state index in [1.165, 1.54) is 46.3 Å². The fourth-order valence-electron chi connectivity index (χ4n) is 9.11. The van der Waals surface area contributed by atoms with E-state index in [9.17, 15) is 0 Å². The molecule has 0 N–H and O–H groups in total. The minimum atomic E-state index is -3.58. The number of allylic oxidation sites excluding steroid dienone is 2. The SMILES string of the molecule is CCC[CH2][Ti]([CH2]CCC)([CH]1C(C)=Cc2ccccc21)([CH]1C(C)=Cc2ccccc21)[SiH](C)c1ccccc1.